The minimum atomic E-state index is -0.279. The maximum absolute atomic E-state index is 12.1. The van der Waals surface area contributed by atoms with E-state index in [1.165, 1.54) is 0 Å². The summed E-state index contributed by atoms with van der Waals surface area (Å²) in [6.07, 6.45) is 6.81. The molecule has 4 aromatic rings. The Hall–Kier alpha value is -3.44. The predicted molar refractivity (Wildman–Crippen MR) is 112 cm³/mol. The van der Waals surface area contributed by atoms with Gasteiger partial charge in [0.1, 0.15) is 0 Å². The Kier molecular flexibility index (Phi) is 5.17. The quantitative estimate of drug-likeness (QED) is 0.404. The fourth-order valence-electron chi connectivity index (χ4n) is 3.05. The van der Waals surface area contributed by atoms with Gasteiger partial charge in [0.15, 0.2) is 0 Å². The van der Waals surface area contributed by atoms with Gasteiger partial charge >= 0.3 is 0 Å². The molecule has 138 valence electrons. The van der Waals surface area contributed by atoms with Gasteiger partial charge < -0.3 is 4.57 Å². The van der Waals surface area contributed by atoms with Gasteiger partial charge in [-0.1, -0.05) is 48.0 Å². The summed E-state index contributed by atoms with van der Waals surface area (Å²) in [5.74, 6) is -0.279. The number of nitrogens with one attached hydrogen (secondary N) is 1. The molecule has 0 unspecified atom stereocenters. The number of benzene rings is 2. The lowest BCUT2D eigenvalue weighted by atomic mass is 10.2. The van der Waals surface area contributed by atoms with Crippen LogP contribution in [0, 0.1) is 0 Å². The van der Waals surface area contributed by atoms with E-state index in [2.05, 4.69) is 26.1 Å². The van der Waals surface area contributed by atoms with E-state index in [-0.39, 0.29) is 5.91 Å². The second-order valence-electron chi connectivity index (χ2n) is 6.26. The van der Waals surface area contributed by atoms with Gasteiger partial charge in [0.05, 0.1) is 6.21 Å². The number of amides is 1. The van der Waals surface area contributed by atoms with Crippen LogP contribution in [0.2, 0.25) is 5.02 Å². The highest BCUT2D eigenvalue weighted by atomic mass is 35.5. The van der Waals surface area contributed by atoms with Crippen molar-refractivity contribution in [2.24, 2.45) is 5.10 Å². The molecule has 28 heavy (non-hydrogen) atoms. The van der Waals surface area contributed by atoms with Crippen LogP contribution >= 0.6 is 11.6 Å². The van der Waals surface area contributed by atoms with E-state index in [4.69, 9.17) is 11.6 Å². The summed E-state index contributed by atoms with van der Waals surface area (Å²) in [4.78, 5) is 16.0. The third-order valence-corrected chi connectivity index (χ3v) is 4.80. The number of hydrazone groups is 1. The van der Waals surface area contributed by atoms with Crippen LogP contribution in [0.4, 0.5) is 0 Å². The van der Waals surface area contributed by atoms with Crippen molar-refractivity contribution in [3.63, 3.8) is 0 Å². The molecule has 1 N–H and O–H groups in total. The van der Waals surface area contributed by atoms with Crippen molar-refractivity contribution < 1.29 is 4.79 Å². The molecule has 2 heterocycles. The molecule has 0 atom stereocenters. The summed E-state index contributed by atoms with van der Waals surface area (Å²) >= 11 is 6.32. The Morgan fingerprint density at radius 3 is 2.64 bits per heavy atom. The molecular formula is C22H17ClN4O. The first-order valence-electron chi connectivity index (χ1n) is 8.77. The van der Waals surface area contributed by atoms with E-state index in [0.29, 0.717) is 12.1 Å². The minimum Gasteiger partial charge on any atom is -0.342 e. The first kappa shape index (κ1) is 17.9. The zero-order chi connectivity index (χ0) is 19.3. The Bertz CT molecular complexity index is 1150. The molecule has 0 radical (unpaired) electrons. The number of nitrogens with zero attached hydrogens (tertiary/aromatic N) is 3. The highest BCUT2D eigenvalue weighted by Crippen LogP contribution is 2.23. The summed E-state index contributed by atoms with van der Waals surface area (Å²) in [5, 5.41) is 5.91. The number of halogens is 1. The summed E-state index contributed by atoms with van der Waals surface area (Å²) in [7, 11) is 0. The number of carbonyl (C=O) groups excluding carboxylic acids is 1. The summed E-state index contributed by atoms with van der Waals surface area (Å²) < 4.78 is 2.13. The second-order valence-corrected chi connectivity index (χ2v) is 6.66. The molecule has 4 rings (SSSR count). The molecule has 0 bridgehead atoms. The number of aromatic nitrogens is 2. The van der Waals surface area contributed by atoms with Crippen LogP contribution in [0.5, 0.6) is 0 Å². The Balaban J connectivity index is 1.59. The van der Waals surface area contributed by atoms with E-state index in [1.54, 1.807) is 30.7 Å². The first-order chi connectivity index (χ1) is 13.7. The van der Waals surface area contributed by atoms with Crippen molar-refractivity contribution in [2.45, 2.75) is 6.54 Å². The Morgan fingerprint density at radius 1 is 1.07 bits per heavy atom. The van der Waals surface area contributed by atoms with Gasteiger partial charge in [0.25, 0.3) is 5.91 Å². The molecule has 2 aromatic heterocycles. The van der Waals surface area contributed by atoms with Crippen molar-refractivity contribution in [1.29, 1.82) is 0 Å². The summed E-state index contributed by atoms with van der Waals surface area (Å²) in [6.45, 7) is 0.650. The van der Waals surface area contributed by atoms with Crippen LogP contribution in [-0.2, 0) is 6.54 Å². The Morgan fingerprint density at radius 2 is 1.82 bits per heavy atom. The topological polar surface area (TPSA) is 59.3 Å². The fraction of sp³-hybridized carbons (Fsp3) is 0.0455. The number of hydrogen-bond acceptors (Lipinski definition) is 3. The number of pyridine rings is 1. The molecule has 2 aromatic carbocycles. The highest BCUT2D eigenvalue weighted by Gasteiger charge is 2.09. The minimum absolute atomic E-state index is 0.279. The summed E-state index contributed by atoms with van der Waals surface area (Å²) in [6, 6.07) is 19.1. The van der Waals surface area contributed by atoms with E-state index in [0.717, 1.165) is 27.1 Å². The molecule has 0 fully saturated rings. The lowest BCUT2D eigenvalue weighted by Gasteiger charge is -2.07. The lowest BCUT2D eigenvalue weighted by Crippen LogP contribution is -2.17. The third kappa shape index (κ3) is 3.80. The van der Waals surface area contributed by atoms with Crippen LogP contribution in [-0.4, -0.2) is 21.7 Å². The lowest BCUT2D eigenvalue weighted by molar-refractivity contribution is 0.0955. The van der Waals surface area contributed by atoms with E-state index in [9.17, 15) is 4.79 Å². The molecule has 0 saturated heterocycles. The van der Waals surface area contributed by atoms with E-state index >= 15 is 0 Å². The molecule has 0 aliphatic rings. The van der Waals surface area contributed by atoms with Crippen molar-refractivity contribution in [1.82, 2.24) is 15.0 Å². The van der Waals surface area contributed by atoms with E-state index in [1.807, 2.05) is 48.7 Å². The van der Waals surface area contributed by atoms with Gasteiger partial charge in [-0.2, -0.15) is 5.10 Å². The molecular weight excluding hydrogens is 372 g/mol. The summed E-state index contributed by atoms with van der Waals surface area (Å²) in [5.41, 5.74) is 6.09. The van der Waals surface area contributed by atoms with Crippen LogP contribution in [0.25, 0.3) is 10.9 Å². The molecule has 0 saturated carbocycles. The highest BCUT2D eigenvalue weighted by molar-refractivity contribution is 6.31. The maximum atomic E-state index is 12.1. The number of para-hydroxylation sites is 1. The van der Waals surface area contributed by atoms with Gasteiger partial charge in [-0.3, -0.25) is 9.78 Å². The van der Waals surface area contributed by atoms with Crippen molar-refractivity contribution in [3.05, 3.63) is 101 Å². The number of fused-ring (bicyclic) bond motifs is 1. The SMILES string of the molecule is O=C(NN=Cc1cn(Cc2ccccc2Cl)c2ccccc12)c1ccncc1. The number of hydrogen-bond donors (Lipinski definition) is 1. The van der Waals surface area contributed by atoms with Crippen LogP contribution in [0.1, 0.15) is 21.5 Å². The van der Waals surface area contributed by atoms with Gasteiger partial charge in [-0.25, -0.2) is 5.43 Å². The Labute approximate surface area is 167 Å². The monoisotopic (exact) mass is 388 g/mol. The van der Waals surface area contributed by atoms with Crippen LogP contribution < -0.4 is 5.43 Å². The molecule has 0 spiro atoms. The normalized spacial score (nSPS) is 11.2. The second kappa shape index (κ2) is 8.06. The van der Waals surface area contributed by atoms with Gasteiger partial charge in [-0.05, 0) is 29.8 Å². The molecule has 6 heteroatoms. The van der Waals surface area contributed by atoms with Gasteiger partial charge in [0.2, 0.25) is 0 Å². The number of rotatable bonds is 5. The smallest absolute Gasteiger partial charge is 0.271 e. The maximum Gasteiger partial charge on any atom is 0.271 e. The van der Waals surface area contributed by atoms with Crippen LogP contribution in [0.3, 0.4) is 0 Å². The van der Waals surface area contributed by atoms with E-state index < -0.39 is 0 Å². The fourth-order valence-corrected chi connectivity index (χ4v) is 3.24. The van der Waals surface area contributed by atoms with Crippen molar-refractivity contribution >= 4 is 34.6 Å². The van der Waals surface area contributed by atoms with Gasteiger partial charge in [-0.15, -0.1) is 0 Å². The molecule has 1 amide bonds. The van der Waals surface area contributed by atoms with Crippen molar-refractivity contribution in [2.75, 3.05) is 0 Å². The average molecular weight is 389 g/mol. The van der Waals surface area contributed by atoms with Gasteiger partial charge in [0, 0.05) is 52.2 Å². The predicted octanol–water partition coefficient (Wildman–Crippen LogP) is 4.50. The number of carbonyl (C=O) groups is 1. The zero-order valence-corrected chi connectivity index (χ0v) is 15.7. The average Bonchev–Trinajstić information content (AvgIpc) is 3.08. The molecule has 0 aliphatic carbocycles. The van der Waals surface area contributed by atoms with Crippen LogP contribution in [0.15, 0.2) is 84.4 Å². The standard InChI is InChI=1S/C22H17ClN4O/c23-20-7-3-1-5-17(20)14-27-15-18(19-6-2-4-8-21(19)27)13-25-26-22(28)16-9-11-24-12-10-16/h1-13,15H,14H2,(H,26,28). The van der Waals surface area contributed by atoms with Crippen molar-refractivity contribution in [3.8, 4) is 0 Å². The molecule has 0 aliphatic heterocycles. The largest absolute Gasteiger partial charge is 0.342 e. The molecule has 5 nitrogen and oxygen atoms in total. The zero-order valence-electron chi connectivity index (χ0n) is 14.9. The first-order valence-corrected chi connectivity index (χ1v) is 9.15. The third-order valence-electron chi connectivity index (χ3n) is 4.43.